The Hall–Kier alpha value is -0.130. The van der Waals surface area contributed by atoms with Crippen molar-refractivity contribution in [3.05, 3.63) is 21.3 Å². The van der Waals surface area contributed by atoms with Crippen molar-refractivity contribution in [2.75, 3.05) is 26.4 Å². The van der Waals surface area contributed by atoms with E-state index in [1.807, 2.05) is 12.1 Å². The first-order chi connectivity index (χ1) is 7.34. The maximum absolute atomic E-state index is 5.82. The van der Waals surface area contributed by atoms with E-state index in [0.717, 1.165) is 37.2 Å². The smallest absolute Gasteiger partial charge is 0.104 e. The molecule has 0 atom stereocenters. The van der Waals surface area contributed by atoms with Crippen LogP contribution in [-0.4, -0.2) is 32.5 Å². The molecule has 0 radical (unpaired) electrons. The van der Waals surface area contributed by atoms with Crippen LogP contribution in [0.15, 0.2) is 12.1 Å². The Labute approximate surface area is 98.3 Å². The second-order valence-corrected chi connectivity index (χ2v) is 5.21. The quantitative estimate of drug-likeness (QED) is 0.779. The van der Waals surface area contributed by atoms with E-state index in [9.17, 15) is 0 Å². The Balaban J connectivity index is 1.51. The lowest BCUT2D eigenvalue weighted by Crippen LogP contribution is -2.37. The van der Waals surface area contributed by atoms with Gasteiger partial charge in [-0.15, -0.1) is 11.3 Å². The van der Waals surface area contributed by atoms with Gasteiger partial charge >= 0.3 is 0 Å². The Morgan fingerprint density at radius 1 is 1.53 bits per heavy atom. The van der Waals surface area contributed by atoms with Gasteiger partial charge in [-0.1, -0.05) is 11.6 Å². The number of ether oxygens (including phenoxy) is 2. The number of halogens is 1. The fraction of sp³-hybridized carbons (Fsp3) is 0.600. The molecule has 0 amide bonds. The van der Waals surface area contributed by atoms with Crippen LogP contribution in [0.4, 0.5) is 0 Å². The minimum absolute atomic E-state index is 0.322. The number of hydrogen-bond acceptors (Lipinski definition) is 4. The van der Waals surface area contributed by atoms with E-state index in [0.29, 0.717) is 6.10 Å². The van der Waals surface area contributed by atoms with Gasteiger partial charge in [-0.05, 0) is 12.1 Å². The second-order valence-electron chi connectivity index (χ2n) is 3.41. The summed E-state index contributed by atoms with van der Waals surface area (Å²) in [6.45, 7) is 3.97. The summed E-state index contributed by atoms with van der Waals surface area (Å²) < 4.78 is 11.4. The molecule has 1 aromatic heterocycles. The second kappa shape index (κ2) is 5.82. The van der Waals surface area contributed by atoms with Crippen LogP contribution in [0.5, 0.6) is 0 Å². The van der Waals surface area contributed by atoms with Gasteiger partial charge in [0, 0.05) is 18.0 Å². The van der Waals surface area contributed by atoms with Crippen molar-refractivity contribution in [2.24, 2.45) is 0 Å². The predicted octanol–water partition coefficient (Wildman–Crippen LogP) is 1.91. The van der Waals surface area contributed by atoms with Crippen LogP contribution in [0.2, 0.25) is 4.34 Å². The molecule has 1 aromatic rings. The molecule has 0 aliphatic carbocycles. The number of rotatable bonds is 6. The molecule has 0 unspecified atom stereocenters. The minimum Gasteiger partial charge on any atom is -0.376 e. The fourth-order valence-electron chi connectivity index (χ4n) is 1.27. The van der Waals surface area contributed by atoms with E-state index in [2.05, 4.69) is 5.32 Å². The van der Waals surface area contributed by atoms with Gasteiger partial charge in [0.1, 0.15) is 6.10 Å². The van der Waals surface area contributed by atoms with E-state index >= 15 is 0 Å². The lowest BCUT2D eigenvalue weighted by molar-refractivity contribution is -0.128. The zero-order valence-corrected chi connectivity index (χ0v) is 9.94. The van der Waals surface area contributed by atoms with Gasteiger partial charge in [0.2, 0.25) is 0 Å². The molecule has 0 saturated carbocycles. The first kappa shape index (κ1) is 11.4. The molecular weight excluding hydrogens is 234 g/mol. The third kappa shape index (κ3) is 3.74. The Kier molecular flexibility index (Phi) is 4.41. The molecule has 1 aliphatic heterocycles. The number of nitrogens with one attached hydrogen (secondary N) is 1. The monoisotopic (exact) mass is 247 g/mol. The highest BCUT2D eigenvalue weighted by Crippen LogP contribution is 2.20. The number of thiophene rings is 1. The molecule has 2 rings (SSSR count). The summed E-state index contributed by atoms with van der Waals surface area (Å²) in [6, 6.07) is 3.96. The normalized spacial score (nSPS) is 16.6. The summed E-state index contributed by atoms with van der Waals surface area (Å²) in [5, 5.41) is 3.30. The first-order valence-electron chi connectivity index (χ1n) is 4.99. The van der Waals surface area contributed by atoms with E-state index in [1.54, 1.807) is 11.3 Å². The highest BCUT2D eigenvalue weighted by molar-refractivity contribution is 7.16. The number of hydrogen-bond donors (Lipinski definition) is 1. The van der Waals surface area contributed by atoms with Crippen molar-refractivity contribution in [1.82, 2.24) is 5.32 Å². The van der Waals surface area contributed by atoms with Crippen LogP contribution in [0.1, 0.15) is 4.88 Å². The molecule has 0 aromatic carbocycles. The van der Waals surface area contributed by atoms with Gasteiger partial charge in [0.15, 0.2) is 0 Å². The van der Waals surface area contributed by atoms with Gasteiger partial charge in [-0.3, -0.25) is 0 Å². The molecule has 1 saturated heterocycles. The Morgan fingerprint density at radius 3 is 3.00 bits per heavy atom. The van der Waals surface area contributed by atoms with Crippen molar-refractivity contribution in [3.8, 4) is 0 Å². The van der Waals surface area contributed by atoms with E-state index in [-0.39, 0.29) is 0 Å². The summed E-state index contributed by atoms with van der Waals surface area (Å²) >= 11 is 7.43. The van der Waals surface area contributed by atoms with Crippen molar-refractivity contribution in [2.45, 2.75) is 12.6 Å². The maximum Gasteiger partial charge on any atom is 0.104 e. The lowest BCUT2D eigenvalue weighted by atomic mass is 10.3. The highest BCUT2D eigenvalue weighted by atomic mass is 35.5. The fourth-order valence-corrected chi connectivity index (χ4v) is 2.32. The molecule has 2 heterocycles. The lowest BCUT2D eigenvalue weighted by Gasteiger charge is -2.25. The maximum atomic E-state index is 5.82. The van der Waals surface area contributed by atoms with Gasteiger partial charge in [-0.25, -0.2) is 0 Å². The van der Waals surface area contributed by atoms with Crippen LogP contribution in [-0.2, 0) is 16.0 Å². The van der Waals surface area contributed by atoms with Gasteiger partial charge in [0.05, 0.1) is 24.2 Å². The standard InChI is InChI=1S/C10H14ClNO2S/c11-10-2-1-9(15-10)5-12-3-4-14-8-6-13-7-8/h1-2,8,12H,3-7H2. The summed E-state index contributed by atoms with van der Waals surface area (Å²) in [4.78, 5) is 1.26. The molecule has 5 heteroatoms. The van der Waals surface area contributed by atoms with Crippen LogP contribution in [0, 0.1) is 0 Å². The van der Waals surface area contributed by atoms with Crippen LogP contribution < -0.4 is 5.32 Å². The van der Waals surface area contributed by atoms with Crippen LogP contribution in [0.3, 0.4) is 0 Å². The van der Waals surface area contributed by atoms with Crippen molar-refractivity contribution in [1.29, 1.82) is 0 Å². The minimum atomic E-state index is 0.322. The summed E-state index contributed by atoms with van der Waals surface area (Å²) in [6.07, 6.45) is 0.322. The molecule has 0 bridgehead atoms. The SMILES string of the molecule is Clc1ccc(CNCCOC2COC2)s1. The molecule has 15 heavy (non-hydrogen) atoms. The van der Waals surface area contributed by atoms with E-state index in [4.69, 9.17) is 21.1 Å². The summed E-state index contributed by atoms with van der Waals surface area (Å²) in [5.74, 6) is 0. The van der Waals surface area contributed by atoms with E-state index < -0.39 is 0 Å². The first-order valence-corrected chi connectivity index (χ1v) is 6.18. The Morgan fingerprint density at radius 2 is 2.40 bits per heavy atom. The van der Waals surface area contributed by atoms with Crippen molar-refractivity contribution < 1.29 is 9.47 Å². The van der Waals surface area contributed by atoms with Gasteiger partial charge in [0.25, 0.3) is 0 Å². The molecule has 1 N–H and O–H groups in total. The topological polar surface area (TPSA) is 30.5 Å². The molecule has 3 nitrogen and oxygen atoms in total. The summed E-state index contributed by atoms with van der Waals surface area (Å²) in [7, 11) is 0. The van der Waals surface area contributed by atoms with Crippen LogP contribution in [0.25, 0.3) is 0 Å². The third-order valence-corrected chi connectivity index (χ3v) is 3.40. The van der Waals surface area contributed by atoms with Crippen LogP contribution >= 0.6 is 22.9 Å². The average molecular weight is 248 g/mol. The van der Waals surface area contributed by atoms with Crippen molar-refractivity contribution >= 4 is 22.9 Å². The van der Waals surface area contributed by atoms with Crippen molar-refractivity contribution in [3.63, 3.8) is 0 Å². The summed E-state index contributed by atoms with van der Waals surface area (Å²) in [5.41, 5.74) is 0. The third-order valence-electron chi connectivity index (χ3n) is 2.17. The Bertz CT molecular complexity index is 301. The zero-order chi connectivity index (χ0) is 10.5. The largest absolute Gasteiger partial charge is 0.376 e. The van der Waals surface area contributed by atoms with E-state index in [1.165, 1.54) is 4.88 Å². The molecule has 84 valence electrons. The van der Waals surface area contributed by atoms with Gasteiger partial charge in [-0.2, -0.15) is 0 Å². The zero-order valence-electron chi connectivity index (χ0n) is 8.37. The highest BCUT2D eigenvalue weighted by Gasteiger charge is 2.17. The predicted molar refractivity (Wildman–Crippen MR) is 61.6 cm³/mol. The molecule has 0 spiro atoms. The molecular formula is C10H14ClNO2S. The molecule has 1 aliphatic rings. The molecule has 1 fully saturated rings. The average Bonchev–Trinajstić information content (AvgIpc) is 2.54. The van der Waals surface area contributed by atoms with Gasteiger partial charge < -0.3 is 14.8 Å².